The van der Waals surface area contributed by atoms with Gasteiger partial charge in [0.15, 0.2) is 5.96 Å². The number of carbonyl (C=O) groups excluding carboxylic acids is 1. The minimum Gasteiger partial charge on any atom is -0.369 e. The molecule has 0 aromatic heterocycles. The molecule has 1 aliphatic heterocycles. The van der Waals surface area contributed by atoms with E-state index in [0.717, 1.165) is 62.5 Å². The number of nitrogens with two attached hydrogens (primary N) is 1. The first kappa shape index (κ1) is 23.7. The highest BCUT2D eigenvalue weighted by molar-refractivity contribution is 5.79. The average Bonchev–Trinajstić information content (AvgIpc) is 2.79. The lowest BCUT2D eigenvalue weighted by molar-refractivity contribution is -0.123. The minimum atomic E-state index is -0.216. The topological polar surface area (TPSA) is 82.8 Å². The summed E-state index contributed by atoms with van der Waals surface area (Å²) in [6.45, 7) is 6.65. The van der Waals surface area contributed by atoms with Crippen molar-refractivity contribution in [1.29, 1.82) is 0 Å². The van der Waals surface area contributed by atoms with E-state index in [9.17, 15) is 9.18 Å². The number of nitrogens with zero attached hydrogens (tertiary/aromatic N) is 2. The van der Waals surface area contributed by atoms with Gasteiger partial charge in [-0.1, -0.05) is 36.4 Å². The monoisotopic (exact) mass is 439 g/mol. The Bertz CT molecular complexity index is 899. The van der Waals surface area contributed by atoms with Crippen molar-refractivity contribution in [2.24, 2.45) is 16.6 Å². The van der Waals surface area contributed by atoms with Gasteiger partial charge >= 0.3 is 0 Å². The number of rotatable bonds is 9. The van der Waals surface area contributed by atoms with Crippen LogP contribution in [0.4, 0.5) is 4.39 Å². The lowest BCUT2D eigenvalue weighted by atomic mass is 9.97. The molecular formula is C25H34FN5O. The zero-order valence-corrected chi connectivity index (χ0v) is 18.8. The Morgan fingerprint density at radius 1 is 1.16 bits per heavy atom. The Kier molecular flexibility index (Phi) is 9.04. The van der Waals surface area contributed by atoms with E-state index in [1.807, 2.05) is 6.92 Å². The molecule has 0 spiro atoms. The molecule has 32 heavy (non-hydrogen) atoms. The van der Waals surface area contributed by atoms with Crippen molar-refractivity contribution >= 4 is 11.9 Å². The van der Waals surface area contributed by atoms with Crippen LogP contribution in [0, 0.1) is 11.7 Å². The fourth-order valence-electron chi connectivity index (χ4n) is 4.00. The van der Waals surface area contributed by atoms with Gasteiger partial charge in [-0.3, -0.25) is 9.69 Å². The molecule has 2 aromatic rings. The molecule has 4 N–H and O–H groups in total. The van der Waals surface area contributed by atoms with Gasteiger partial charge in [0.2, 0.25) is 5.91 Å². The van der Waals surface area contributed by atoms with Crippen LogP contribution in [0.2, 0.25) is 0 Å². The van der Waals surface area contributed by atoms with Crippen LogP contribution in [-0.2, 0) is 24.3 Å². The summed E-state index contributed by atoms with van der Waals surface area (Å²) < 4.78 is 13.0. The lowest BCUT2D eigenvalue weighted by Crippen LogP contribution is -2.40. The van der Waals surface area contributed by atoms with Gasteiger partial charge in [-0.2, -0.15) is 0 Å². The smallest absolute Gasteiger partial charge is 0.221 e. The second-order valence-electron chi connectivity index (χ2n) is 8.29. The summed E-state index contributed by atoms with van der Waals surface area (Å²) in [4.78, 5) is 18.6. The predicted octanol–water partition coefficient (Wildman–Crippen LogP) is 2.82. The summed E-state index contributed by atoms with van der Waals surface area (Å²) in [6, 6.07) is 15.0. The highest BCUT2D eigenvalue weighted by atomic mass is 19.1. The lowest BCUT2D eigenvalue weighted by Gasteiger charge is -2.31. The van der Waals surface area contributed by atoms with Crippen molar-refractivity contribution < 1.29 is 9.18 Å². The van der Waals surface area contributed by atoms with Crippen molar-refractivity contribution in [3.8, 4) is 0 Å². The molecule has 0 bridgehead atoms. The summed E-state index contributed by atoms with van der Waals surface area (Å²) in [7, 11) is 0. The van der Waals surface area contributed by atoms with E-state index in [2.05, 4.69) is 39.8 Å². The molecule has 3 rings (SSSR count). The number of hydrogen-bond acceptors (Lipinski definition) is 3. The van der Waals surface area contributed by atoms with Crippen LogP contribution in [-0.4, -0.2) is 42.9 Å². The molecule has 1 unspecified atom stereocenters. The van der Waals surface area contributed by atoms with Gasteiger partial charge in [-0.15, -0.1) is 0 Å². The van der Waals surface area contributed by atoms with E-state index in [4.69, 9.17) is 10.7 Å². The molecule has 1 heterocycles. The third-order valence-corrected chi connectivity index (χ3v) is 5.69. The van der Waals surface area contributed by atoms with Gasteiger partial charge in [-0.05, 0) is 61.6 Å². The maximum Gasteiger partial charge on any atom is 0.221 e. The van der Waals surface area contributed by atoms with Crippen molar-refractivity contribution in [3.63, 3.8) is 0 Å². The predicted molar refractivity (Wildman–Crippen MR) is 127 cm³/mol. The Labute approximate surface area is 190 Å². The molecule has 1 saturated heterocycles. The van der Waals surface area contributed by atoms with Gasteiger partial charge in [0.1, 0.15) is 5.82 Å². The number of nitrogens with one attached hydrogen (secondary N) is 2. The Morgan fingerprint density at radius 2 is 1.94 bits per heavy atom. The van der Waals surface area contributed by atoms with Crippen LogP contribution in [0.3, 0.4) is 0 Å². The molecule has 2 aromatic carbocycles. The third-order valence-electron chi connectivity index (χ3n) is 5.69. The average molecular weight is 440 g/mol. The first-order valence-corrected chi connectivity index (χ1v) is 11.4. The normalized spacial score (nSPS) is 17.2. The van der Waals surface area contributed by atoms with Crippen LogP contribution in [0.5, 0.6) is 0 Å². The maximum atomic E-state index is 13.0. The summed E-state index contributed by atoms with van der Waals surface area (Å²) in [5.41, 5.74) is 8.95. The molecule has 1 atom stereocenters. The van der Waals surface area contributed by atoms with Gasteiger partial charge in [-0.25, -0.2) is 9.38 Å². The molecule has 1 fully saturated rings. The highest BCUT2D eigenvalue weighted by Gasteiger charge is 2.23. The number of hydrogen-bond donors (Lipinski definition) is 3. The molecule has 0 aliphatic carbocycles. The van der Waals surface area contributed by atoms with Crippen molar-refractivity contribution in [3.05, 3.63) is 71.0 Å². The van der Waals surface area contributed by atoms with Crippen LogP contribution in [0.25, 0.3) is 0 Å². The fourth-order valence-corrected chi connectivity index (χ4v) is 4.00. The van der Waals surface area contributed by atoms with E-state index in [-0.39, 0.29) is 17.6 Å². The molecule has 1 aliphatic rings. The summed E-state index contributed by atoms with van der Waals surface area (Å²) in [6.07, 6.45) is 2.69. The van der Waals surface area contributed by atoms with Crippen LogP contribution < -0.4 is 16.4 Å². The van der Waals surface area contributed by atoms with E-state index < -0.39 is 0 Å². The van der Waals surface area contributed by atoms with Gasteiger partial charge in [0, 0.05) is 26.2 Å². The number of benzene rings is 2. The molecule has 0 saturated carbocycles. The van der Waals surface area contributed by atoms with Crippen LogP contribution >= 0.6 is 0 Å². The zero-order valence-electron chi connectivity index (χ0n) is 18.8. The maximum absolute atomic E-state index is 13.0. The molecule has 7 heteroatoms. The first-order valence-electron chi connectivity index (χ1n) is 11.4. The van der Waals surface area contributed by atoms with E-state index in [0.29, 0.717) is 13.1 Å². The summed E-state index contributed by atoms with van der Waals surface area (Å²) in [5.74, 6) is 0.313. The molecular weight excluding hydrogens is 405 g/mol. The molecule has 1 amide bonds. The van der Waals surface area contributed by atoms with Gasteiger partial charge in [0.05, 0.1) is 12.5 Å². The van der Waals surface area contributed by atoms with E-state index >= 15 is 0 Å². The standard InChI is InChI=1S/C25H34FN5O/c1-2-28-25(29-13-12-19-8-10-23(26)11-9-19)30-16-20-5-3-6-21(15-20)17-31-14-4-7-22(18-31)24(27)32/h3,5-6,8-11,15,22H,2,4,7,12-14,16-18H2,1H3,(H2,27,32)(H2,28,29,30). The zero-order chi connectivity index (χ0) is 22.8. The number of halogens is 1. The number of carbonyl (C=O) groups is 1. The number of aliphatic imine (C=N–C) groups is 1. The van der Waals surface area contributed by atoms with Gasteiger partial charge < -0.3 is 16.4 Å². The van der Waals surface area contributed by atoms with Crippen molar-refractivity contribution in [2.45, 2.75) is 39.3 Å². The summed E-state index contributed by atoms with van der Waals surface area (Å²) in [5, 5.41) is 6.61. The Morgan fingerprint density at radius 3 is 2.69 bits per heavy atom. The summed E-state index contributed by atoms with van der Waals surface area (Å²) >= 11 is 0. The highest BCUT2D eigenvalue weighted by Crippen LogP contribution is 2.19. The fraction of sp³-hybridized carbons (Fsp3) is 0.440. The van der Waals surface area contributed by atoms with Crippen LogP contribution in [0.1, 0.15) is 36.5 Å². The van der Waals surface area contributed by atoms with Crippen LogP contribution in [0.15, 0.2) is 53.5 Å². The van der Waals surface area contributed by atoms with Gasteiger partial charge in [0.25, 0.3) is 0 Å². The van der Waals surface area contributed by atoms with E-state index in [1.54, 1.807) is 12.1 Å². The first-order chi connectivity index (χ1) is 15.5. The molecule has 172 valence electrons. The largest absolute Gasteiger partial charge is 0.369 e. The number of guanidine groups is 1. The second kappa shape index (κ2) is 12.2. The second-order valence-corrected chi connectivity index (χ2v) is 8.29. The van der Waals surface area contributed by atoms with E-state index in [1.165, 1.54) is 17.7 Å². The number of likely N-dealkylation sites (tertiary alicyclic amines) is 1. The Balaban J connectivity index is 1.53. The third kappa shape index (κ3) is 7.64. The van der Waals surface area contributed by atoms with Crippen molar-refractivity contribution in [1.82, 2.24) is 15.5 Å². The van der Waals surface area contributed by atoms with Crippen molar-refractivity contribution in [2.75, 3.05) is 26.2 Å². The molecule has 6 nitrogen and oxygen atoms in total. The SMILES string of the molecule is CCNC(=NCc1cccc(CN2CCCC(C(N)=O)C2)c1)NCCc1ccc(F)cc1. The number of amides is 1. The minimum absolute atomic E-state index is 0.0415. The number of piperidine rings is 1. The quantitative estimate of drug-likeness (QED) is 0.415. The molecule has 0 radical (unpaired) electrons. The Hall–Kier alpha value is -2.93. The number of primary amides is 1.